The molecule has 1 amide bonds. The van der Waals surface area contributed by atoms with E-state index in [0.29, 0.717) is 5.75 Å². The van der Waals surface area contributed by atoms with Gasteiger partial charge < -0.3 is 10.1 Å². The number of sulfonamides is 1. The molecule has 8 heteroatoms. The minimum absolute atomic E-state index is 0.103. The van der Waals surface area contributed by atoms with E-state index in [1.165, 1.54) is 19.2 Å². The maximum atomic E-state index is 14.1. The molecule has 31 heavy (non-hydrogen) atoms. The zero-order chi connectivity index (χ0) is 22.3. The first-order valence-corrected chi connectivity index (χ1v) is 11.1. The van der Waals surface area contributed by atoms with Crippen molar-refractivity contribution in [3.63, 3.8) is 0 Å². The zero-order valence-electron chi connectivity index (χ0n) is 16.9. The highest BCUT2D eigenvalue weighted by atomic mass is 32.2. The van der Waals surface area contributed by atoms with Crippen LogP contribution in [0.25, 0.3) is 0 Å². The molecule has 0 heterocycles. The Labute approximate surface area is 181 Å². The average molecular weight is 443 g/mol. The van der Waals surface area contributed by atoms with E-state index >= 15 is 0 Å². The summed E-state index contributed by atoms with van der Waals surface area (Å²) in [4.78, 5) is 12.4. The van der Waals surface area contributed by atoms with Crippen LogP contribution >= 0.6 is 0 Å². The van der Waals surface area contributed by atoms with E-state index in [1.807, 2.05) is 18.2 Å². The van der Waals surface area contributed by atoms with Gasteiger partial charge in [-0.15, -0.1) is 0 Å². The van der Waals surface area contributed by atoms with Crippen LogP contribution in [0.3, 0.4) is 0 Å². The van der Waals surface area contributed by atoms with Crippen LogP contribution in [-0.4, -0.2) is 27.5 Å². The first kappa shape index (κ1) is 22.5. The molecule has 0 saturated heterocycles. The lowest BCUT2D eigenvalue weighted by atomic mass is 10.1. The molecule has 0 bridgehead atoms. The molecule has 2 N–H and O–H groups in total. The standard InChI is InChI=1S/C23H23FN2O4S/c1-30-21-13-7-5-11-18(21)16-25-23(27)20(15-17-9-3-2-4-10-17)26-31(28,29)22-14-8-6-12-19(22)24/h2-14,20,26H,15-16H2,1H3,(H,25,27). The highest BCUT2D eigenvalue weighted by Gasteiger charge is 2.28. The van der Waals surface area contributed by atoms with Gasteiger partial charge in [0, 0.05) is 12.1 Å². The van der Waals surface area contributed by atoms with Crippen molar-refractivity contribution in [1.82, 2.24) is 10.0 Å². The first-order chi connectivity index (χ1) is 14.9. The van der Waals surface area contributed by atoms with Crippen molar-refractivity contribution < 1.29 is 22.3 Å². The van der Waals surface area contributed by atoms with Gasteiger partial charge in [0.05, 0.1) is 7.11 Å². The second-order valence-electron chi connectivity index (χ2n) is 6.82. The molecule has 0 aliphatic heterocycles. The SMILES string of the molecule is COc1ccccc1CNC(=O)C(Cc1ccccc1)NS(=O)(=O)c1ccccc1F. The molecule has 6 nitrogen and oxygen atoms in total. The van der Waals surface area contributed by atoms with Gasteiger partial charge >= 0.3 is 0 Å². The fourth-order valence-electron chi connectivity index (χ4n) is 3.11. The largest absolute Gasteiger partial charge is 0.496 e. The van der Waals surface area contributed by atoms with Crippen LogP contribution in [0.1, 0.15) is 11.1 Å². The Bertz CT molecular complexity index is 1140. The number of halogens is 1. The summed E-state index contributed by atoms with van der Waals surface area (Å²) < 4.78 is 47.3. The van der Waals surface area contributed by atoms with Crippen molar-refractivity contribution >= 4 is 15.9 Å². The lowest BCUT2D eigenvalue weighted by molar-refractivity contribution is -0.122. The fraction of sp³-hybridized carbons (Fsp3) is 0.174. The molecule has 162 valence electrons. The van der Waals surface area contributed by atoms with Gasteiger partial charge in [0.15, 0.2) is 0 Å². The molecule has 0 saturated carbocycles. The van der Waals surface area contributed by atoms with Gasteiger partial charge in [-0.25, -0.2) is 12.8 Å². The number of hydrogen-bond donors (Lipinski definition) is 2. The van der Waals surface area contributed by atoms with Gasteiger partial charge in [0.2, 0.25) is 15.9 Å². The van der Waals surface area contributed by atoms with Crippen LogP contribution in [0.15, 0.2) is 83.8 Å². The molecule has 0 fully saturated rings. The van der Waals surface area contributed by atoms with Gasteiger partial charge in [-0.2, -0.15) is 4.72 Å². The quantitative estimate of drug-likeness (QED) is 0.534. The normalized spacial score (nSPS) is 12.2. The van der Waals surface area contributed by atoms with E-state index in [9.17, 15) is 17.6 Å². The molecule has 1 unspecified atom stereocenters. The van der Waals surface area contributed by atoms with E-state index in [4.69, 9.17) is 4.74 Å². The third-order valence-electron chi connectivity index (χ3n) is 4.67. The minimum Gasteiger partial charge on any atom is -0.496 e. The van der Waals surface area contributed by atoms with E-state index in [1.54, 1.807) is 36.4 Å². The number of nitrogens with one attached hydrogen (secondary N) is 2. The van der Waals surface area contributed by atoms with Gasteiger partial charge in [-0.1, -0.05) is 60.7 Å². The summed E-state index contributed by atoms with van der Waals surface area (Å²) in [6.45, 7) is 0.148. The van der Waals surface area contributed by atoms with Gasteiger partial charge in [0.25, 0.3) is 0 Å². The lowest BCUT2D eigenvalue weighted by Gasteiger charge is -2.19. The minimum atomic E-state index is -4.26. The predicted molar refractivity (Wildman–Crippen MR) is 115 cm³/mol. The summed E-state index contributed by atoms with van der Waals surface area (Å²) in [5.41, 5.74) is 1.50. The summed E-state index contributed by atoms with van der Waals surface area (Å²) in [6.07, 6.45) is 0.103. The Kier molecular flexibility index (Phi) is 7.38. The van der Waals surface area contributed by atoms with E-state index in [-0.39, 0.29) is 13.0 Å². The molecule has 0 aromatic heterocycles. The number of carbonyl (C=O) groups excluding carboxylic acids is 1. The molecule has 0 radical (unpaired) electrons. The smallest absolute Gasteiger partial charge is 0.244 e. The Balaban J connectivity index is 1.82. The third-order valence-corrected chi connectivity index (χ3v) is 6.17. The first-order valence-electron chi connectivity index (χ1n) is 9.61. The molecule has 3 aromatic rings. The molecule has 3 aromatic carbocycles. The van der Waals surface area contributed by atoms with Crippen molar-refractivity contribution in [3.05, 3.63) is 95.8 Å². The molecule has 0 aliphatic carbocycles. The van der Waals surface area contributed by atoms with Crippen LogP contribution < -0.4 is 14.8 Å². The number of hydrogen-bond acceptors (Lipinski definition) is 4. The number of benzene rings is 3. The molecule has 1 atom stereocenters. The van der Waals surface area contributed by atoms with Crippen LogP contribution in [0.4, 0.5) is 4.39 Å². The van der Waals surface area contributed by atoms with Gasteiger partial charge in [0.1, 0.15) is 22.5 Å². The van der Waals surface area contributed by atoms with Crippen molar-refractivity contribution in [1.29, 1.82) is 0 Å². The van der Waals surface area contributed by atoms with Gasteiger partial charge in [-0.3, -0.25) is 4.79 Å². The number of ether oxygens (including phenoxy) is 1. The average Bonchev–Trinajstić information content (AvgIpc) is 2.78. The van der Waals surface area contributed by atoms with Crippen LogP contribution in [0, 0.1) is 5.82 Å². The summed E-state index contributed by atoms with van der Waals surface area (Å²) in [5, 5.41) is 2.74. The second kappa shape index (κ2) is 10.2. The Morgan fingerprint density at radius 3 is 2.32 bits per heavy atom. The van der Waals surface area contributed by atoms with Crippen molar-refractivity contribution in [2.75, 3.05) is 7.11 Å². The maximum absolute atomic E-state index is 14.1. The van der Waals surface area contributed by atoms with E-state index in [0.717, 1.165) is 23.3 Å². The summed E-state index contributed by atoms with van der Waals surface area (Å²) in [6, 6.07) is 20.1. The number of carbonyl (C=O) groups is 1. The van der Waals surface area contributed by atoms with Crippen molar-refractivity contribution in [2.45, 2.75) is 23.9 Å². The number of amides is 1. The number of para-hydroxylation sites is 1. The van der Waals surface area contributed by atoms with Crippen molar-refractivity contribution in [3.8, 4) is 5.75 Å². The zero-order valence-corrected chi connectivity index (χ0v) is 17.7. The summed E-state index contributed by atoms with van der Waals surface area (Å²) in [7, 11) is -2.73. The summed E-state index contributed by atoms with van der Waals surface area (Å²) >= 11 is 0. The predicted octanol–water partition coefficient (Wildman–Crippen LogP) is 3.04. The van der Waals surface area contributed by atoms with Crippen molar-refractivity contribution in [2.24, 2.45) is 0 Å². The highest BCUT2D eigenvalue weighted by Crippen LogP contribution is 2.18. The highest BCUT2D eigenvalue weighted by molar-refractivity contribution is 7.89. The molecule has 0 aliphatic rings. The fourth-order valence-corrected chi connectivity index (χ4v) is 4.38. The van der Waals surface area contributed by atoms with E-state index < -0.39 is 32.7 Å². The van der Waals surface area contributed by atoms with E-state index in [2.05, 4.69) is 10.0 Å². The monoisotopic (exact) mass is 442 g/mol. The number of rotatable bonds is 9. The lowest BCUT2D eigenvalue weighted by Crippen LogP contribution is -2.47. The molecule has 3 rings (SSSR count). The topological polar surface area (TPSA) is 84.5 Å². The Morgan fingerprint density at radius 2 is 1.61 bits per heavy atom. The van der Waals surface area contributed by atoms with Crippen LogP contribution in [-0.2, 0) is 27.8 Å². The van der Waals surface area contributed by atoms with Crippen LogP contribution in [0.5, 0.6) is 5.75 Å². The molecular weight excluding hydrogens is 419 g/mol. The van der Waals surface area contributed by atoms with Gasteiger partial charge in [-0.05, 0) is 30.2 Å². The molecule has 0 spiro atoms. The number of methoxy groups -OCH3 is 1. The Morgan fingerprint density at radius 1 is 0.968 bits per heavy atom. The molecular formula is C23H23FN2O4S. The second-order valence-corrected chi connectivity index (χ2v) is 8.51. The third kappa shape index (κ3) is 5.90. The van der Waals surface area contributed by atoms with Crippen LogP contribution in [0.2, 0.25) is 0 Å². The maximum Gasteiger partial charge on any atom is 0.244 e. The Hall–Kier alpha value is -3.23. The summed E-state index contributed by atoms with van der Waals surface area (Å²) in [5.74, 6) is -0.813.